The zero-order chi connectivity index (χ0) is 13.4. The average Bonchev–Trinajstić information content (AvgIpc) is 2.77. The molecule has 0 fully saturated rings. The van der Waals surface area contributed by atoms with E-state index in [2.05, 4.69) is 15.0 Å². The monoisotopic (exact) mass is 274 g/mol. The summed E-state index contributed by atoms with van der Waals surface area (Å²) in [5, 5.41) is 3.19. The number of hydrogen-bond donors (Lipinski definition) is 2. The van der Waals surface area contributed by atoms with Crippen LogP contribution in [0.3, 0.4) is 0 Å². The van der Waals surface area contributed by atoms with Crippen molar-refractivity contribution in [3.05, 3.63) is 18.7 Å². The van der Waals surface area contributed by atoms with Gasteiger partial charge in [-0.15, -0.1) is 0 Å². The average molecular weight is 274 g/mol. The van der Waals surface area contributed by atoms with Crippen molar-refractivity contribution < 1.29 is 8.42 Å². The number of imidazole rings is 1. The van der Waals surface area contributed by atoms with Crippen LogP contribution in [-0.4, -0.2) is 42.9 Å². The molecule has 1 aromatic rings. The van der Waals surface area contributed by atoms with Crippen molar-refractivity contribution in [2.75, 3.05) is 18.8 Å². The van der Waals surface area contributed by atoms with Gasteiger partial charge in [0.1, 0.15) is 0 Å². The maximum absolute atomic E-state index is 11.6. The van der Waals surface area contributed by atoms with Gasteiger partial charge in [-0.3, -0.25) is 0 Å². The lowest BCUT2D eigenvalue weighted by Gasteiger charge is -2.09. The van der Waals surface area contributed by atoms with Crippen molar-refractivity contribution in [2.45, 2.75) is 32.9 Å². The minimum absolute atomic E-state index is 0.163. The molecule has 0 aliphatic rings. The number of hydrogen-bond acceptors (Lipinski definition) is 4. The number of aromatic nitrogens is 2. The lowest BCUT2D eigenvalue weighted by Crippen LogP contribution is -2.31. The van der Waals surface area contributed by atoms with Crippen molar-refractivity contribution >= 4 is 10.0 Å². The predicted octanol–water partition coefficient (Wildman–Crippen LogP) is 0.191. The van der Waals surface area contributed by atoms with Crippen LogP contribution in [0.2, 0.25) is 0 Å². The van der Waals surface area contributed by atoms with Crippen LogP contribution in [0, 0.1) is 0 Å². The third kappa shape index (κ3) is 6.73. The van der Waals surface area contributed by atoms with Gasteiger partial charge in [0.25, 0.3) is 0 Å². The molecule has 0 radical (unpaired) electrons. The molecule has 1 aromatic heterocycles. The van der Waals surface area contributed by atoms with Gasteiger partial charge in [0.05, 0.1) is 12.1 Å². The summed E-state index contributed by atoms with van der Waals surface area (Å²) in [4.78, 5) is 3.89. The van der Waals surface area contributed by atoms with Crippen LogP contribution in [0.25, 0.3) is 0 Å². The van der Waals surface area contributed by atoms with Crippen LogP contribution in [0.4, 0.5) is 0 Å². The second-order valence-corrected chi connectivity index (χ2v) is 6.40. The molecule has 0 aromatic carbocycles. The third-order valence-electron chi connectivity index (χ3n) is 2.39. The van der Waals surface area contributed by atoms with E-state index in [1.807, 2.05) is 18.4 Å². The van der Waals surface area contributed by atoms with Crippen molar-refractivity contribution in [3.63, 3.8) is 0 Å². The normalized spacial score (nSPS) is 12.2. The highest BCUT2D eigenvalue weighted by molar-refractivity contribution is 7.89. The standard InChI is InChI=1S/C11H22N4O2S/c1-11(2)13-4-3-9-18(16,17)14-6-8-15-7-5-12-10-15/h5,7,10-11,13-14H,3-4,6,8-9H2,1-2H3. The molecule has 6 nitrogen and oxygen atoms in total. The molecule has 0 bridgehead atoms. The van der Waals surface area contributed by atoms with Gasteiger partial charge < -0.3 is 9.88 Å². The van der Waals surface area contributed by atoms with E-state index >= 15 is 0 Å². The van der Waals surface area contributed by atoms with Crippen molar-refractivity contribution in [1.82, 2.24) is 19.6 Å². The zero-order valence-corrected chi connectivity index (χ0v) is 11.8. The largest absolute Gasteiger partial charge is 0.336 e. The van der Waals surface area contributed by atoms with Crippen molar-refractivity contribution in [2.24, 2.45) is 0 Å². The van der Waals surface area contributed by atoms with Gasteiger partial charge in [0, 0.05) is 31.5 Å². The van der Waals surface area contributed by atoms with Gasteiger partial charge in [-0.1, -0.05) is 13.8 Å². The van der Waals surface area contributed by atoms with Gasteiger partial charge in [-0.05, 0) is 13.0 Å². The maximum Gasteiger partial charge on any atom is 0.211 e. The van der Waals surface area contributed by atoms with E-state index in [-0.39, 0.29) is 5.75 Å². The van der Waals surface area contributed by atoms with Gasteiger partial charge in [0.15, 0.2) is 0 Å². The zero-order valence-electron chi connectivity index (χ0n) is 11.0. The molecule has 0 aliphatic carbocycles. The van der Waals surface area contributed by atoms with Crippen LogP contribution in [0.1, 0.15) is 20.3 Å². The Morgan fingerprint density at radius 3 is 2.72 bits per heavy atom. The third-order valence-corrected chi connectivity index (χ3v) is 3.86. The molecule has 0 amide bonds. The fourth-order valence-electron chi connectivity index (χ4n) is 1.47. The van der Waals surface area contributed by atoms with Crippen molar-refractivity contribution in [1.29, 1.82) is 0 Å². The molecule has 1 heterocycles. The van der Waals surface area contributed by atoms with Crippen LogP contribution in [-0.2, 0) is 16.6 Å². The molecule has 1 rings (SSSR count). The Kier molecular flexibility index (Phi) is 6.31. The van der Waals surface area contributed by atoms with E-state index in [0.717, 1.165) is 6.54 Å². The molecular formula is C11H22N4O2S. The van der Waals surface area contributed by atoms with E-state index in [1.54, 1.807) is 18.7 Å². The Hall–Kier alpha value is -0.920. The first-order chi connectivity index (χ1) is 8.49. The summed E-state index contributed by atoms with van der Waals surface area (Å²) in [5.74, 6) is 0.163. The Bertz CT molecular complexity index is 414. The summed E-state index contributed by atoms with van der Waals surface area (Å²) in [5.41, 5.74) is 0. The quantitative estimate of drug-likeness (QED) is 0.630. The molecule has 0 atom stereocenters. The maximum atomic E-state index is 11.6. The Morgan fingerprint density at radius 2 is 2.11 bits per heavy atom. The number of sulfonamides is 1. The van der Waals surface area contributed by atoms with E-state index in [1.165, 1.54) is 0 Å². The van der Waals surface area contributed by atoms with Crippen LogP contribution >= 0.6 is 0 Å². The molecule has 7 heteroatoms. The molecule has 0 saturated heterocycles. The fraction of sp³-hybridized carbons (Fsp3) is 0.727. The predicted molar refractivity (Wildman–Crippen MR) is 71.8 cm³/mol. The van der Waals surface area contributed by atoms with Crippen LogP contribution in [0.5, 0.6) is 0 Å². The fourth-order valence-corrected chi connectivity index (χ4v) is 2.55. The SMILES string of the molecule is CC(C)NCCCS(=O)(=O)NCCn1ccnc1. The minimum atomic E-state index is -3.16. The van der Waals surface area contributed by atoms with E-state index in [0.29, 0.717) is 25.6 Å². The van der Waals surface area contributed by atoms with Crippen LogP contribution in [0.15, 0.2) is 18.7 Å². The first-order valence-electron chi connectivity index (χ1n) is 6.16. The topological polar surface area (TPSA) is 76.0 Å². The summed E-state index contributed by atoms with van der Waals surface area (Å²) in [6.07, 6.45) is 5.77. The van der Waals surface area contributed by atoms with E-state index in [9.17, 15) is 8.42 Å². The van der Waals surface area contributed by atoms with Crippen molar-refractivity contribution in [3.8, 4) is 0 Å². The summed E-state index contributed by atoms with van der Waals surface area (Å²) in [6.45, 7) is 5.80. The van der Waals surface area contributed by atoms with E-state index in [4.69, 9.17) is 0 Å². The van der Waals surface area contributed by atoms with E-state index < -0.39 is 10.0 Å². The second-order valence-electron chi connectivity index (χ2n) is 4.48. The summed E-state index contributed by atoms with van der Waals surface area (Å²) < 4.78 is 27.7. The van der Waals surface area contributed by atoms with Gasteiger partial charge in [-0.25, -0.2) is 18.1 Å². The summed E-state index contributed by atoms with van der Waals surface area (Å²) in [7, 11) is -3.16. The Labute approximate surface area is 109 Å². The number of nitrogens with zero attached hydrogens (tertiary/aromatic N) is 2. The van der Waals surface area contributed by atoms with Crippen LogP contribution < -0.4 is 10.0 Å². The summed E-state index contributed by atoms with van der Waals surface area (Å²) in [6, 6.07) is 0.391. The van der Waals surface area contributed by atoms with Gasteiger partial charge in [-0.2, -0.15) is 0 Å². The molecule has 18 heavy (non-hydrogen) atoms. The molecule has 0 spiro atoms. The lowest BCUT2D eigenvalue weighted by molar-refractivity contribution is 0.556. The number of nitrogens with one attached hydrogen (secondary N) is 2. The molecule has 0 saturated carbocycles. The van der Waals surface area contributed by atoms with Gasteiger partial charge in [0.2, 0.25) is 10.0 Å². The van der Waals surface area contributed by atoms with Gasteiger partial charge >= 0.3 is 0 Å². The second kappa shape index (κ2) is 7.50. The molecular weight excluding hydrogens is 252 g/mol. The highest BCUT2D eigenvalue weighted by Gasteiger charge is 2.08. The highest BCUT2D eigenvalue weighted by atomic mass is 32.2. The minimum Gasteiger partial charge on any atom is -0.336 e. The first-order valence-corrected chi connectivity index (χ1v) is 7.81. The highest BCUT2D eigenvalue weighted by Crippen LogP contribution is 1.91. The molecule has 104 valence electrons. The molecule has 0 aliphatic heterocycles. The lowest BCUT2D eigenvalue weighted by atomic mass is 10.4. The smallest absolute Gasteiger partial charge is 0.211 e. The number of rotatable bonds is 9. The Balaban J connectivity index is 2.15. The first kappa shape index (κ1) is 15.1. The molecule has 0 unspecified atom stereocenters. The molecule has 2 N–H and O–H groups in total. The Morgan fingerprint density at radius 1 is 1.33 bits per heavy atom. The summed E-state index contributed by atoms with van der Waals surface area (Å²) >= 11 is 0.